The van der Waals surface area contributed by atoms with E-state index in [0.717, 1.165) is 32.0 Å². The van der Waals surface area contributed by atoms with E-state index >= 15 is 0 Å². The second-order valence-electron chi connectivity index (χ2n) is 4.25. The summed E-state index contributed by atoms with van der Waals surface area (Å²) < 4.78 is 0. The molecule has 0 spiro atoms. The molecule has 1 N–H and O–H groups in total. The van der Waals surface area contributed by atoms with Crippen molar-refractivity contribution in [2.24, 2.45) is 0 Å². The van der Waals surface area contributed by atoms with Gasteiger partial charge >= 0.3 is 0 Å². The molecule has 0 aromatic carbocycles. The van der Waals surface area contributed by atoms with Gasteiger partial charge < -0.3 is 10.1 Å². The lowest BCUT2D eigenvalue weighted by molar-refractivity contribution is -0.122. The quantitative estimate of drug-likeness (QED) is 0.372. The monoisotopic (exact) mass is 225 g/mol. The molecule has 92 valence electrons. The van der Waals surface area contributed by atoms with Gasteiger partial charge in [0.25, 0.3) is 0 Å². The third-order valence-electron chi connectivity index (χ3n) is 2.99. The minimum Gasteiger partial charge on any atom is -0.308 e. The van der Waals surface area contributed by atoms with Crippen LogP contribution in [0.4, 0.5) is 0 Å². The second kappa shape index (κ2) is 8.22. The van der Waals surface area contributed by atoms with E-state index in [-0.39, 0.29) is 5.78 Å². The minimum absolute atomic E-state index is 0.180. The molecule has 0 aliphatic carbocycles. The molecule has 0 rings (SSSR count). The number of allylic oxidation sites excluding steroid dienone is 2. The number of likely N-dealkylation sites (N-methyl/N-ethyl adjacent to an activating group) is 1. The first-order chi connectivity index (χ1) is 7.56. The Bertz CT molecular complexity index is 248. The first-order valence-electron chi connectivity index (χ1n) is 5.85. The van der Waals surface area contributed by atoms with Gasteiger partial charge in [-0.3, -0.25) is 4.79 Å². The van der Waals surface area contributed by atoms with E-state index in [1.54, 1.807) is 6.92 Å². The van der Waals surface area contributed by atoms with Gasteiger partial charge in [-0.2, -0.15) is 0 Å². The molecule has 0 saturated carbocycles. The molecule has 0 unspecified atom stereocenters. The third-order valence-corrected chi connectivity index (χ3v) is 2.99. The summed E-state index contributed by atoms with van der Waals surface area (Å²) in [5.74, 6) is 0.180. The van der Waals surface area contributed by atoms with Crippen molar-refractivity contribution in [1.29, 1.82) is 0 Å². The molecule has 0 saturated heterocycles. The number of carbonyl (C=O) groups excluding carboxylic acids is 2. The van der Waals surface area contributed by atoms with E-state index in [2.05, 4.69) is 11.4 Å². The lowest BCUT2D eigenvalue weighted by atomic mass is 9.91. The summed E-state index contributed by atoms with van der Waals surface area (Å²) in [7, 11) is 1.82. The molecule has 0 amide bonds. The zero-order valence-electron chi connectivity index (χ0n) is 10.6. The molecular weight excluding hydrogens is 202 g/mol. The highest BCUT2D eigenvalue weighted by molar-refractivity contribution is 5.85. The van der Waals surface area contributed by atoms with Gasteiger partial charge in [-0.25, -0.2) is 0 Å². The van der Waals surface area contributed by atoms with Crippen LogP contribution < -0.4 is 5.32 Å². The Hall–Kier alpha value is -0.960. The van der Waals surface area contributed by atoms with E-state index in [1.165, 1.54) is 0 Å². The number of hydrogen-bond donors (Lipinski definition) is 1. The highest BCUT2D eigenvalue weighted by atomic mass is 16.1. The summed E-state index contributed by atoms with van der Waals surface area (Å²) in [6.07, 6.45) is 9.24. The maximum atomic E-state index is 11.4. The average molecular weight is 225 g/mol. The van der Waals surface area contributed by atoms with Crippen LogP contribution in [0.25, 0.3) is 0 Å². The Kier molecular flexibility index (Phi) is 7.73. The lowest BCUT2D eigenvalue weighted by Crippen LogP contribution is -2.46. The number of nitrogens with one attached hydrogen (secondary N) is 1. The minimum atomic E-state index is -0.392. The van der Waals surface area contributed by atoms with Crippen LogP contribution in [0.15, 0.2) is 12.2 Å². The van der Waals surface area contributed by atoms with Gasteiger partial charge in [0.2, 0.25) is 0 Å². The van der Waals surface area contributed by atoms with Crippen molar-refractivity contribution in [2.45, 2.75) is 51.5 Å². The smallest absolute Gasteiger partial charge is 0.149 e. The molecule has 16 heavy (non-hydrogen) atoms. The number of unbranched alkanes of at least 4 members (excludes halogenated alkanes) is 2. The Morgan fingerprint density at radius 3 is 2.38 bits per heavy atom. The Labute approximate surface area is 98.3 Å². The fraction of sp³-hybridized carbons (Fsp3) is 0.692. The third kappa shape index (κ3) is 5.81. The maximum absolute atomic E-state index is 11.4. The zero-order chi connectivity index (χ0) is 12.4. The SMILES string of the molecule is CN[C@](C)(CCCC=CCCC=O)C(C)=O. The van der Waals surface area contributed by atoms with E-state index in [1.807, 2.05) is 20.0 Å². The lowest BCUT2D eigenvalue weighted by Gasteiger charge is -2.25. The number of rotatable bonds is 9. The van der Waals surface area contributed by atoms with E-state index < -0.39 is 5.54 Å². The highest BCUT2D eigenvalue weighted by Crippen LogP contribution is 2.14. The van der Waals surface area contributed by atoms with Crippen molar-refractivity contribution in [3.63, 3.8) is 0 Å². The zero-order valence-corrected chi connectivity index (χ0v) is 10.6. The Balaban J connectivity index is 3.75. The number of Topliss-reactive ketones (excluding diaryl/α,β-unsaturated/α-hetero) is 1. The summed E-state index contributed by atoms with van der Waals surface area (Å²) in [6.45, 7) is 3.56. The molecule has 0 aromatic rings. The van der Waals surface area contributed by atoms with Crippen molar-refractivity contribution in [3.05, 3.63) is 12.2 Å². The van der Waals surface area contributed by atoms with E-state index in [0.29, 0.717) is 6.42 Å². The van der Waals surface area contributed by atoms with Crippen LogP contribution in [0, 0.1) is 0 Å². The van der Waals surface area contributed by atoms with Crippen molar-refractivity contribution in [3.8, 4) is 0 Å². The van der Waals surface area contributed by atoms with Crippen LogP contribution in [-0.2, 0) is 9.59 Å². The number of carbonyl (C=O) groups is 2. The van der Waals surface area contributed by atoms with Crippen molar-refractivity contribution in [2.75, 3.05) is 7.05 Å². The molecule has 0 aliphatic heterocycles. The second-order valence-corrected chi connectivity index (χ2v) is 4.25. The standard InChI is InChI=1S/C13H23NO2/c1-12(16)13(2,14-3)10-8-6-4-5-7-9-11-15/h4-5,11,14H,6-10H2,1-3H3/t13-/m1/s1. The number of hydrogen-bond acceptors (Lipinski definition) is 3. The summed E-state index contributed by atoms with van der Waals surface area (Å²) in [5, 5.41) is 3.07. The van der Waals surface area contributed by atoms with E-state index in [4.69, 9.17) is 0 Å². The molecule has 1 atom stereocenters. The van der Waals surface area contributed by atoms with Gasteiger partial charge in [0, 0.05) is 6.42 Å². The van der Waals surface area contributed by atoms with Crippen molar-refractivity contribution >= 4 is 12.1 Å². The summed E-state index contributed by atoms with van der Waals surface area (Å²) in [4.78, 5) is 21.4. The molecule has 3 heteroatoms. The summed E-state index contributed by atoms with van der Waals surface area (Å²) >= 11 is 0. The number of aldehydes is 1. The number of ketones is 1. The van der Waals surface area contributed by atoms with Crippen LogP contribution >= 0.6 is 0 Å². The molecular formula is C13H23NO2. The molecule has 0 bridgehead atoms. The van der Waals surface area contributed by atoms with Crippen molar-refractivity contribution in [1.82, 2.24) is 5.32 Å². The van der Waals surface area contributed by atoms with Crippen LogP contribution in [0.3, 0.4) is 0 Å². The summed E-state index contributed by atoms with van der Waals surface area (Å²) in [5.41, 5.74) is -0.392. The normalized spacial score (nSPS) is 14.9. The first-order valence-corrected chi connectivity index (χ1v) is 5.85. The van der Waals surface area contributed by atoms with Gasteiger partial charge in [-0.1, -0.05) is 12.2 Å². The molecule has 0 aliphatic rings. The molecule has 0 heterocycles. The Morgan fingerprint density at radius 1 is 1.25 bits per heavy atom. The van der Waals surface area contributed by atoms with Gasteiger partial charge in [0.15, 0.2) is 0 Å². The van der Waals surface area contributed by atoms with Crippen LogP contribution in [0.1, 0.15) is 46.0 Å². The maximum Gasteiger partial charge on any atom is 0.149 e. The predicted octanol–water partition coefficient (Wildman–Crippen LogP) is 2.26. The van der Waals surface area contributed by atoms with Crippen LogP contribution in [-0.4, -0.2) is 24.7 Å². The fourth-order valence-corrected chi connectivity index (χ4v) is 1.45. The summed E-state index contributed by atoms with van der Waals surface area (Å²) in [6, 6.07) is 0. The highest BCUT2D eigenvalue weighted by Gasteiger charge is 2.26. The predicted molar refractivity (Wildman–Crippen MR) is 66.4 cm³/mol. The van der Waals surface area contributed by atoms with Crippen LogP contribution in [0.2, 0.25) is 0 Å². The topological polar surface area (TPSA) is 46.2 Å². The van der Waals surface area contributed by atoms with E-state index in [9.17, 15) is 9.59 Å². The molecule has 0 radical (unpaired) electrons. The van der Waals surface area contributed by atoms with Crippen molar-refractivity contribution < 1.29 is 9.59 Å². The molecule has 0 fully saturated rings. The largest absolute Gasteiger partial charge is 0.308 e. The van der Waals surface area contributed by atoms with Gasteiger partial charge in [0.1, 0.15) is 12.1 Å². The van der Waals surface area contributed by atoms with Gasteiger partial charge in [-0.05, 0) is 46.6 Å². The molecule has 3 nitrogen and oxygen atoms in total. The fourth-order valence-electron chi connectivity index (χ4n) is 1.45. The first kappa shape index (κ1) is 15.0. The Morgan fingerprint density at radius 2 is 1.88 bits per heavy atom. The molecule has 0 aromatic heterocycles. The van der Waals surface area contributed by atoms with Crippen LogP contribution in [0.5, 0.6) is 0 Å². The van der Waals surface area contributed by atoms with Gasteiger partial charge in [0.05, 0.1) is 5.54 Å². The van der Waals surface area contributed by atoms with Gasteiger partial charge in [-0.15, -0.1) is 0 Å². The average Bonchev–Trinajstić information content (AvgIpc) is 2.27.